The number of thioether (sulfide) groups is 1. The molecule has 0 spiro atoms. The van der Waals surface area contributed by atoms with E-state index in [1.165, 1.54) is 4.57 Å². The van der Waals surface area contributed by atoms with Crippen LogP contribution >= 0.6 is 11.8 Å². The second-order valence-electron chi connectivity index (χ2n) is 5.52. The van der Waals surface area contributed by atoms with Crippen molar-refractivity contribution in [2.45, 2.75) is 29.9 Å². The van der Waals surface area contributed by atoms with Crippen LogP contribution in [0, 0.1) is 0 Å². The number of nitrogens with one attached hydrogen (secondary N) is 1. The number of hydrogen-bond acceptors (Lipinski definition) is 5. The van der Waals surface area contributed by atoms with Gasteiger partial charge in [-0.25, -0.2) is 13.4 Å². The average molecular weight is 375 g/mol. The van der Waals surface area contributed by atoms with Crippen molar-refractivity contribution in [3.05, 3.63) is 24.3 Å². The summed E-state index contributed by atoms with van der Waals surface area (Å²) in [5.74, 6) is -3.10. The van der Waals surface area contributed by atoms with Crippen LogP contribution in [-0.2, 0) is 21.2 Å². The van der Waals surface area contributed by atoms with Crippen LogP contribution in [0.25, 0.3) is 11.0 Å². The van der Waals surface area contributed by atoms with Gasteiger partial charge in [0.1, 0.15) is 6.54 Å². The van der Waals surface area contributed by atoms with Crippen molar-refractivity contribution < 1.29 is 22.0 Å². The first-order valence-corrected chi connectivity index (χ1v) is 9.94. The predicted molar refractivity (Wildman–Crippen MR) is 86.8 cm³/mol. The number of carbonyl (C=O) groups excluding carboxylic acids is 1. The van der Waals surface area contributed by atoms with Crippen LogP contribution in [0.5, 0.6) is 0 Å². The van der Waals surface area contributed by atoms with Crippen molar-refractivity contribution in [2.24, 2.45) is 0 Å². The minimum Gasteiger partial charge on any atom is -0.351 e. The smallest absolute Gasteiger partial charge is 0.291 e. The molecule has 1 atom stereocenters. The van der Waals surface area contributed by atoms with Gasteiger partial charge in [-0.1, -0.05) is 12.1 Å². The first-order valence-electron chi connectivity index (χ1n) is 7.24. The summed E-state index contributed by atoms with van der Waals surface area (Å²) in [6.45, 7) is -0.188. The lowest BCUT2D eigenvalue weighted by Crippen LogP contribution is -2.37. The van der Waals surface area contributed by atoms with E-state index >= 15 is 0 Å². The lowest BCUT2D eigenvalue weighted by molar-refractivity contribution is -0.122. The lowest BCUT2D eigenvalue weighted by Gasteiger charge is -2.13. The summed E-state index contributed by atoms with van der Waals surface area (Å²) in [5.41, 5.74) is 1.10. The fraction of sp³-hybridized carbons (Fsp3) is 0.429. The van der Waals surface area contributed by atoms with Crippen molar-refractivity contribution in [3.8, 4) is 0 Å². The van der Waals surface area contributed by atoms with Gasteiger partial charge in [-0.3, -0.25) is 4.79 Å². The second kappa shape index (κ2) is 6.67. The Balaban J connectivity index is 1.79. The number of aromatic nitrogens is 2. The van der Waals surface area contributed by atoms with Gasteiger partial charge in [-0.05, 0) is 30.3 Å². The number of amides is 1. The molecule has 1 aromatic heterocycles. The third kappa shape index (κ3) is 3.86. The highest BCUT2D eigenvalue weighted by molar-refractivity contribution is 7.99. The molecule has 1 aromatic carbocycles. The second-order valence-corrected chi connectivity index (χ2v) is 8.70. The Kier molecular flexibility index (Phi) is 4.77. The summed E-state index contributed by atoms with van der Waals surface area (Å²) in [4.78, 5) is 16.3. The van der Waals surface area contributed by atoms with E-state index in [2.05, 4.69) is 10.3 Å². The normalized spacial score (nSPS) is 19.9. The van der Waals surface area contributed by atoms with E-state index < -0.39 is 27.5 Å². The third-order valence-corrected chi connectivity index (χ3v) is 6.18. The Labute approximate surface area is 141 Å². The number of imidazole rings is 1. The van der Waals surface area contributed by atoms with E-state index in [-0.39, 0.29) is 35.0 Å². The summed E-state index contributed by atoms with van der Waals surface area (Å²) in [6, 6.07) is 6.43. The zero-order valence-electron chi connectivity index (χ0n) is 12.5. The largest absolute Gasteiger partial charge is 0.351 e. The van der Waals surface area contributed by atoms with Gasteiger partial charge in [-0.2, -0.15) is 8.78 Å². The molecular weight excluding hydrogens is 360 g/mol. The highest BCUT2D eigenvalue weighted by Crippen LogP contribution is 2.28. The minimum absolute atomic E-state index is 0.0540. The molecule has 1 N–H and O–H groups in total. The molecule has 1 saturated heterocycles. The van der Waals surface area contributed by atoms with E-state index in [0.29, 0.717) is 17.5 Å². The number of carbonyl (C=O) groups is 1. The van der Waals surface area contributed by atoms with Gasteiger partial charge < -0.3 is 9.88 Å². The Hall–Kier alpha value is -1.68. The van der Waals surface area contributed by atoms with Crippen LogP contribution in [0.4, 0.5) is 8.78 Å². The van der Waals surface area contributed by atoms with Gasteiger partial charge in [0, 0.05) is 6.04 Å². The van der Waals surface area contributed by atoms with Crippen molar-refractivity contribution >= 4 is 38.5 Å². The van der Waals surface area contributed by atoms with Crippen molar-refractivity contribution in [1.82, 2.24) is 14.9 Å². The van der Waals surface area contributed by atoms with E-state index in [4.69, 9.17) is 0 Å². The third-order valence-electron chi connectivity index (χ3n) is 3.71. The van der Waals surface area contributed by atoms with Crippen LogP contribution in [0.1, 0.15) is 6.42 Å². The molecular formula is C14H15F2N3O3S2. The maximum atomic E-state index is 12.7. The summed E-state index contributed by atoms with van der Waals surface area (Å²) >= 11 is 0.278. The molecule has 2 heterocycles. The summed E-state index contributed by atoms with van der Waals surface area (Å²) in [5, 5.41) is 2.71. The van der Waals surface area contributed by atoms with Gasteiger partial charge in [0.25, 0.3) is 5.76 Å². The van der Waals surface area contributed by atoms with Gasteiger partial charge in [0.05, 0.1) is 22.5 Å². The molecule has 1 aliphatic rings. The molecule has 1 fully saturated rings. The van der Waals surface area contributed by atoms with Gasteiger partial charge >= 0.3 is 0 Å². The summed E-state index contributed by atoms with van der Waals surface area (Å²) < 4.78 is 49.7. The monoisotopic (exact) mass is 375 g/mol. The number of rotatable bonds is 5. The van der Waals surface area contributed by atoms with E-state index in [0.717, 1.165) is 0 Å². The number of alkyl halides is 2. The van der Waals surface area contributed by atoms with Crippen LogP contribution in [-0.4, -0.2) is 47.2 Å². The van der Waals surface area contributed by atoms with Gasteiger partial charge in [-0.15, -0.1) is 0 Å². The van der Waals surface area contributed by atoms with Crippen LogP contribution in [0.15, 0.2) is 29.4 Å². The predicted octanol–water partition coefficient (Wildman–Crippen LogP) is 1.65. The lowest BCUT2D eigenvalue weighted by atomic mass is 10.2. The molecule has 3 rings (SSSR count). The Morgan fingerprint density at radius 1 is 1.42 bits per heavy atom. The highest BCUT2D eigenvalue weighted by atomic mass is 32.2. The molecule has 130 valence electrons. The van der Waals surface area contributed by atoms with Gasteiger partial charge in [0.2, 0.25) is 5.91 Å². The quantitative estimate of drug-likeness (QED) is 0.804. The van der Waals surface area contributed by atoms with E-state index in [1.54, 1.807) is 24.3 Å². The number of benzene rings is 1. The fourth-order valence-corrected chi connectivity index (χ4v) is 4.98. The molecule has 0 saturated carbocycles. The maximum absolute atomic E-state index is 12.7. The maximum Gasteiger partial charge on any atom is 0.291 e. The zero-order valence-corrected chi connectivity index (χ0v) is 14.1. The molecule has 24 heavy (non-hydrogen) atoms. The fourth-order valence-electron chi connectivity index (χ4n) is 2.70. The topological polar surface area (TPSA) is 81.1 Å². The van der Waals surface area contributed by atoms with Gasteiger partial charge in [0.15, 0.2) is 15.0 Å². The van der Waals surface area contributed by atoms with E-state index in [1.807, 2.05) is 0 Å². The Morgan fingerprint density at radius 3 is 2.83 bits per heavy atom. The van der Waals surface area contributed by atoms with Crippen LogP contribution < -0.4 is 5.32 Å². The van der Waals surface area contributed by atoms with Crippen LogP contribution in [0.3, 0.4) is 0 Å². The number of nitrogens with zero attached hydrogens (tertiary/aromatic N) is 2. The minimum atomic E-state index is -3.10. The van der Waals surface area contributed by atoms with Crippen molar-refractivity contribution in [3.63, 3.8) is 0 Å². The SMILES string of the molecule is O=C(Cn1c(SC(F)F)nc2ccccc21)N[C@H]1CCS(=O)(=O)C1. The first kappa shape index (κ1) is 17.2. The number of hydrogen-bond donors (Lipinski definition) is 1. The number of sulfone groups is 1. The molecule has 1 aliphatic heterocycles. The van der Waals surface area contributed by atoms with E-state index in [9.17, 15) is 22.0 Å². The number of para-hydroxylation sites is 2. The molecule has 0 bridgehead atoms. The van der Waals surface area contributed by atoms with Crippen molar-refractivity contribution in [1.29, 1.82) is 0 Å². The molecule has 0 unspecified atom stereocenters. The summed E-state index contributed by atoms with van der Waals surface area (Å²) in [6.07, 6.45) is 0.372. The molecule has 10 heteroatoms. The van der Waals surface area contributed by atoms with Crippen LogP contribution in [0.2, 0.25) is 0 Å². The van der Waals surface area contributed by atoms with Crippen molar-refractivity contribution in [2.75, 3.05) is 11.5 Å². The molecule has 0 aliphatic carbocycles. The molecule has 1 amide bonds. The molecule has 6 nitrogen and oxygen atoms in total. The standard InChI is InChI=1S/C14H15F2N3O3S2/c15-13(16)23-14-18-10-3-1-2-4-11(10)19(14)7-12(20)17-9-5-6-24(21,22)8-9/h1-4,9,13H,5-8H2,(H,17,20)/t9-/m0/s1. The summed E-state index contributed by atoms with van der Waals surface area (Å²) in [7, 11) is -3.10. The first-order chi connectivity index (χ1) is 11.3. The Morgan fingerprint density at radius 2 is 2.17 bits per heavy atom. The number of fused-ring (bicyclic) bond motifs is 1. The Bertz CT molecular complexity index is 867. The zero-order chi connectivity index (χ0) is 17.3. The average Bonchev–Trinajstić information content (AvgIpc) is 2.99. The molecule has 0 radical (unpaired) electrons. The highest BCUT2D eigenvalue weighted by Gasteiger charge is 2.29. The number of halogens is 2. The molecule has 2 aromatic rings.